The summed E-state index contributed by atoms with van der Waals surface area (Å²) in [5.74, 6) is 0.167. The lowest BCUT2D eigenvalue weighted by atomic mass is 10.3. The SMILES string of the molecule is CCN(CC)S(=O)(=O)c1ccc(=O)n(CC(=O)NCc2ccc(OC3CCCC3)nc2)c1. The first-order chi connectivity index (χ1) is 15.3. The van der Waals surface area contributed by atoms with Crippen LogP contribution >= 0.6 is 0 Å². The molecule has 1 N–H and O–H groups in total. The van der Waals surface area contributed by atoms with E-state index in [-0.39, 0.29) is 24.1 Å². The van der Waals surface area contributed by atoms with E-state index < -0.39 is 21.5 Å². The quantitative estimate of drug-likeness (QED) is 0.578. The van der Waals surface area contributed by atoms with Crippen molar-refractivity contribution in [3.63, 3.8) is 0 Å². The van der Waals surface area contributed by atoms with Crippen LogP contribution in [-0.4, -0.2) is 47.4 Å². The summed E-state index contributed by atoms with van der Waals surface area (Å²) in [6, 6.07) is 6.05. The minimum Gasteiger partial charge on any atom is -0.474 e. The molecule has 2 aromatic heterocycles. The molecule has 10 heteroatoms. The van der Waals surface area contributed by atoms with E-state index in [1.54, 1.807) is 26.1 Å². The second kappa shape index (κ2) is 10.7. The van der Waals surface area contributed by atoms with E-state index in [1.807, 2.05) is 6.07 Å². The van der Waals surface area contributed by atoms with Crippen molar-refractivity contribution >= 4 is 15.9 Å². The van der Waals surface area contributed by atoms with E-state index in [0.717, 1.165) is 29.0 Å². The molecule has 1 saturated carbocycles. The number of hydrogen-bond donors (Lipinski definition) is 1. The second-order valence-corrected chi connectivity index (χ2v) is 9.66. The van der Waals surface area contributed by atoms with Crippen LogP contribution in [0.25, 0.3) is 0 Å². The van der Waals surface area contributed by atoms with Crippen molar-refractivity contribution in [2.45, 2.75) is 63.6 Å². The van der Waals surface area contributed by atoms with Gasteiger partial charge in [0.1, 0.15) is 12.6 Å². The van der Waals surface area contributed by atoms with E-state index in [1.165, 1.54) is 29.4 Å². The number of nitrogens with zero attached hydrogens (tertiary/aromatic N) is 3. The Morgan fingerprint density at radius 1 is 1.19 bits per heavy atom. The summed E-state index contributed by atoms with van der Waals surface area (Å²) in [6.07, 6.45) is 7.56. The number of ether oxygens (including phenoxy) is 1. The zero-order valence-corrected chi connectivity index (χ0v) is 19.3. The van der Waals surface area contributed by atoms with Crippen molar-refractivity contribution in [2.24, 2.45) is 0 Å². The molecule has 0 spiro atoms. The van der Waals surface area contributed by atoms with E-state index in [2.05, 4.69) is 10.3 Å². The molecule has 0 aromatic carbocycles. The lowest BCUT2D eigenvalue weighted by Crippen LogP contribution is -2.34. The number of amides is 1. The Labute approximate surface area is 188 Å². The average molecular weight is 463 g/mol. The highest BCUT2D eigenvalue weighted by molar-refractivity contribution is 7.89. The summed E-state index contributed by atoms with van der Waals surface area (Å²) in [6.45, 7) is 4.08. The van der Waals surface area contributed by atoms with Crippen LogP contribution in [0.3, 0.4) is 0 Å². The standard InChI is InChI=1S/C22H30N4O5S/c1-3-26(4-2)32(29,30)19-10-12-22(28)25(15-19)16-20(27)23-13-17-9-11-21(24-14-17)31-18-7-5-6-8-18/h9-12,14-15,18H,3-8,13,16H2,1-2H3,(H,23,27). The molecule has 3 rings (SSSR count). The highest BCUT2D eigenvalue weighted by atomic mass is 32.2. The van der Waals surface area contributed by atoms with Crippen LogP contribution < -0.4 is 15.6 Å². The molecule has 1 aliphatic rings. The van der Waals surface area contributed by atoms with Gasteiger partial charge in [-0.1, -0.05) is 19.9 Å². The fourth-order valence-electron chi connectivity index (χ4n) is 3.67. The molecule has 0 saturated heterocycles. The van der Waals surface area contributed by atoms with Gasteiger partial charge in [0.15, 0.2) is 0 Å². The van der Waals surface area contributed by atoms with Crippen molar-refractivity contribution in [3.05, 3.63) is 52.6 Å². The Hall–Kier alpha value is -2.72. The predicted molar refractivity (Wildman–Crippen MR) is 120 cm³/mol. The first kappa shape index (κ1) is 23.9. The maximum absolute atomic E-state index is 12.7. The number of nitrogens with one attached hydrogen (secondary N) is 1. The maximum atomic E-state index is 12.7. The zero-order valence-electron chi connectivity index (χ0n) is 18.5. The third-order valence-corrected chi connectivity index (χ3v) is 7.52. The van der Waals surface area contributed by atoms with Crippen molar-refractivity contribution in [3.8, 4) is 5.88 Å². The van der Waals surface area contributed by atoms with E-state index in [9.17, 15) is 18.0 Å². The summed E-state index contributed by atoms with van der Waals surface area (Å²) < 4.78 is 33.6. The van der Waals surface area contributed by atoms with Crippen LogP contribution in [0.4, 0.5) is 0 Å². The minimum atomic E-state index is -3.72. The molecular weight excluding hydrogens is 432 g/mol. The van der Waals surface area contributed by atoms with Gasteiger partial charge in [0.25, 0.3) is 5.56 Å². The number of aromatic nitrogens is 2. The van der Waals surface area contributed by atoms with Crippen molar-refractivity contribution in [2.75, 3.05) is 13.1 Å². The van der Waals surface area contributed by atoms with Gasteiger partial charge < -0.3 is 14.6 Å². The lowest BCUT2D eigenvalue weighted by Gasteiger charge is -2.19. The van der Waals surface area contributed by atoms with Crippen LogP contribution in [0, 0.1) is 0 Å². The van der Waals surface area contributed by atoms with Crippen molar-refractivity contribution in [1.82, 2.24) is 19.2 Å². The molecule has 9 nitrogen and oxygen atoms in total. The van der Waals surface area contributed by atoms with Crippen LogP contribution in [0.5, 0.6) is 5.88 Å². The van der Waals surface area contributed by atoms with Crippen LogP contribution in [0.2, 0.25) is 0 Å². The maximum Gasteiger partial charge on any atom is 0.251 e. The fraction of sp³-hybridized carbons (Fsp3) is 0.500. The largest absolute Gasteiger partial charge is 0.474 e. The molecule has 0 unspecified atom stereocenters. The summed E-state index contributed by atoms with van der Waals surface area (Å²) >= 11 is 0. The van der Waals surface area contributed by atoms with E-state index in [0.29, 0.717) is 19.0 Å². The molecule has 0 radical (unpaired) electrons. The van der Waals surface area contributed by atoms with Gasteiger partial charge in [-0.25, -0.2) is 13.4 Å². The van der Waals surface area contributed by atoms with E-state index >= 15 is 0 Å². The van der Waals surface area contributed by atoms with Gasteiger partial charge in [-0.3, -0.25) is 9.59 Å². The molecule has 1 amide bonds. The van der Waals surface area contributed by atoms with Gasteiger partial charge in [-0.05, 0) is 37.3 Å². The minimum absolute atomic E-state index is 0.0179. The molecule has 32 heavy (non-hydrogen) atoms. The Bertz CT molecular complexity index is 1070. The normalized spacial score (nSPS) is 14.6. The number of hydrogen-bond acceptors (Lipinski definition) is 6. The fourth-order valence-corrected chi connectivity index (χ4v) is 5.15. The first-order valence-electron chi connectivity index (χ1n) is 10.9. The van der Waals surface area contributed by atoms with Crippen LogP contribution in [-0.2, 0) is 27.9 Å². The van der Waals surface area contributed by atoms with Crippen LogP contribution in [0.15, 0.2) is 46.3 Å². The average Bonchev–Trinajstić information content (AvgIpc) is 3.28. The molecule has 0 atom stereocenters. The Kier molecular flexibility index (Phi) is 8.03. The first-order valence-corrected chi connectivity index (χ1v) is 12.4. The summed E-state index contributed by atoms with van der Waals surface area (Å²) in [7, 11) is -3.72. The Morgan fingerprint density at radius 3 is 2.53 bits per heavy atom. The zero-order chi connectivity index (χ0) is 23.1. The smallest absolute Gasteiger partial charge is 0.251 e. The lowest BCUT2D eigenvalue weighted by molar-refractivity contribution is -0.121. The number of rotatable bonds is 10. The number of sulfonamides is 1. The summed E-state index contributed by atoms with van der Waals surface area (Å²) in [4.78, 5) is 28.8. The van der Waals surface area contributed by atoms with Crippen molar-refractivity contribution in [1.29, 1.82) is 0 Å². The molecule has 174 valence electrons. The highest BCUT2D eigenvalue weighted by Crippen LogP contribution is 2.22. The molecule has 2 aromatic rings. The van der Waals surface area contributed by atoms with Gasteiger partial charge in [-0.2, -0.15) is 4.31 Å². The van der Waals surface area contributed by atoms with Crippen molar-refractivity contribution < 1.29 is 17.9 Å². The third-order valence-electron chi connectivity index (χ3n) is 5.49. The highest BCUT2D eigenvalue weighted by Gasteiger charge is 2.22. The summed E-state index contributed by atoms with van der Waals surface area (Å²) in [5, 5.41) is 2.73. The molecule has 1 fully saturated rings. The van der Waals surface area contributed by atoms with Gasteiger partial charge in [0.2, 0.25) is 21.8 Å². The molecule has 0 bridgehead atoms. The Morgan fingerprint density at radius 2 is 1.91 bits per heavy atom. The number of pyridine rings is 2. The molecular formula is C22H30N4O5S. The van der Waals surface area contributed by atoms with Gasteiger partial charge in [-0.15, -0.1) is 0 Å². The second-order valence-electron chi connectivity index (χ2n) is 7.73. The summed E-state index contributed by atoms with van der Waals surface area (Å²) in [5.41, 5.74) is 0.344. The van der Waals surface area contributed by atoms with Gasteiger partial charge >= 0.3 is 0 Å². The number of carbonyl (C=O) groups is 1. The predicted octanol–water partition coefficient (Wildman–Crippen LogP) is 1.91. The molecule has 2 heterocycles. The topological polar surface area (TPSA) is 111 Å². The third kappa shape index (κ3) is 5.95. The molecule has 0 aliphatic heterocycles. The Balaban J connectivity index is 1.59. The number of carbonyl (C=O) groups excluding carboxylic acids is 1. The van der Waals surface area contributed by atoms with Gasteiger partial charge in [0, 0.05) is 44.2 Å². The monoisotopic (exact) mass is 462 g/mol. The molecule has 1 aliphatic carbocycles. The van der Waals surface area contributed by atoms with E-state index in [4.69, 9.17) is 4.74 Å². The van der Waals surface area contributed by atoms with Gasteiger partial charge in [0.05, 0.1) is 4.90 Å². The van der Waals surface area contributed by atoms with Crippen LogP contribution in [0.1, 0.15) is 45.1 Å².